The van der Waals surface area contributed by atoms with E-state index in [2.05, 4.69) is 21.7 Å². The second-order valence-corrected chi connectivity index (χ2v) is 9.41. The molecule has 37 heavy (non-hydrogen) atoms. The van der Waals surface area contributed by atoms with Gasteiger partial charge in [0.15, 0.2) is 5.13 Å². The van der Waals surface area contributed by atoms with Crippen molar-refractivity contribution in [2.45, 2.75) is 19.0 Å². The zero-order chi connectivity index (χ0) is 26.0. The third-order valence-electron chi connectivity index (χ3n) is 5.61. The number of hydrogen-bond donors (Lipinski definition) is 2. The van der Waals surface area contributed by atoms with Crippen molar-refractivity contribution in [2.75, 3.05) is 10.6 Å². The summed E-state index contributed by atoms with van der Waals surface area (Å²) in [6.07, 6.45) is 0.434. The molecule has 0 saturated heterocycles. The van der Waals surface area contributed by atoms with E-state index < -0.39 is 11.7 Å². The Morgan fingerprint density at radius 1 is 1.14 bits per heavy atom. The van der Waals surface area contributed by atoms with Crippen LogP contribution in [0.5, 0.6) is 11.5 Å². The smallest absolute Gasteiger partial charge is 0.416 e. The highest BCUT2D eigenvalue weighted by Crippen LogP contribution is 2.37. The van der Waals surface area contributed by atoms with Gasteiger partial charge in [-0.05, 0) is 60.9 Å². The number of nitriles is 1. The summed E-state index contributed by atoms with van der Waals surface area (Å²) < 4.78 is 45.3. The first-order valence-electron chi connectivity index (χ1n) is 11.3. The molecule has 0 aliphatic heterocycles. The van der Waals surface area contributed by atoms with Crippen molar-refractivity contribution in [3.63, 3.8) is 0 Å². The Hall–Kier alpha value is -4.36. The summed E-state index contributed by atoms with van der Waals surface area (Å²) in [7, 11) is 0. The van der Waals surface area contributed by atoms with Crippen LogP contribution < -0.4 is 15.4 Å². The molecule has 5 rings (SSSR count). The first-order valence-corrected chi connectivity index (χ1v) is 12.1. The summed E-state index contributed by atoms with van der Waals surface area (Å²) in [5.41, 5.74) is 1.23. The van der Waals surface area contributed by atoms with Gasteiger partial charge in [-0.3, -0.25) is 4.79 Å². The number of nitrogens with one attached hydrogen (secondary N) is 2. The predicted molar refractivity (Wildman–Crippen MR) is 136 cm³/mol. The van der Waals surface area contributed by atoms with Gasteiger partial charge >= 0.3 is 6.18 Å². The summed E-state index contributed by atoms with van der Waals surface area (Å²) in [5, 5.41) is 16.1. The van der Waals surface area contributed by atoms with Crippen LogP contribution in [0.3, 0.4) is 0 Å². The number of aromatic nitrogens is 1. The molecule has 1 aromatic heterocycles. The SMILES string of the molecule is N#Cc1c(Oc2cccc(NC=Cc3cccc(C(F)(F)F)c3)c2)ccc2nc(NC(=O)C3CC3)sc12. The number of amides is 1. The molecular formula is C27H19F3N4O2S. The number of benzene rings is 3. The van der Waals surface area contributed by atoms with Crippen LogP contribution in [0.1, 0.15) is 29.5 Å². The monoisotopic (exact) mass is 520 g/mol. The third-order valence-corrected chi connectivity index (χ3v) is 6.62. The minimum Gasteiger partial charge on any atom is -0.456 e. The first-order chi connectivity index (χ1) is 17.8. The van der Waals surface area contributed by atoms with Crippen molar-refractivity contribution in [2.24, 2.45) is 5.92 Å². The average Bonchev–Trinajstić information content (AvgIpc) is 3.64. The standard InChI is InChI=1S/C27H19F3N4O2S/c28-27(29,30)18-4-1-3-16(13-18)11-12-32-19-5-2-6-20(14-19)36-23-10-9-22-24(21(23)15-31)37-26(33-22)34-25(35)17-7-8-17/h1-6,9-14,17,32H,7-8H2,(H,33,34,35). The number of thiazole rings is 1. The van der Waals surface area contributed by atoms with Crippen molar-refractivity contribution in [3.05, 3.63) is 83.6 Å². The van der Waals surface area contributed by atoms with E-state index >= 15 is 0 Å². The summed E-state index contributed by atoms with van der Waals surface area (Å²) in [4.78, 5) is 16.5. The molecule has 3 aromatic carbocycles. The first kappa shape index (κ1) is 24.3. The fourth-order valence-electron chi connectivity index (χ4n) is 3.60. The maximum Gasteiger partial charge on any atom is 0.416 e. The highest BCUT2D eigenvalue weighted by atomic mass is 32.1. The van der Waals surface area contributed by atoms with E-state index in [9.17, 15) is 23.2 Å². The van der Waals surface area contributed by atoms with Crippen molar-refractivity contribution in [3.8, 4) is 17.6 Å². The predicted octanol–water partition coefficient (Wildman–Crippen LogP) is 7.41. The second-order valence-electron chi connectivity index (χ2n) is 8.41. The number of nitrogens with zero attached hydrogens (tertiary/aromatic N) is 2. The van der Waals surface area contributed by atoms with Gasteiger partial charge in [0.25, 0.3) is 0 Å². The van der Waals surface area contributed by atoms with E-state index in [-0.39, 0.29) is 11.8 Å². The van der Waals surface area contributed by atoms with Crippen LogP contribution in [0.25, 0.3) is 16.3 Å². The quantitative estimate of drug-likeness (QED) is 0.265. The average molecular weight is 521 g/mol. The van der Waals surface area contributed by atoms with Gasteiger partial charge in [-0.2, -0.15) is 18.4 Å². The van der Waals surface area contributed by atoms with Gasteiger partial charge in [-0.1, -0.05) is 29.5 Å². The van der Waals surface area contributed by atoms with E-state index in [0.717, 1.165) is 25.0 Å². The Bertz CT molecular complexity index is 1550. The van der Waals surface area contributed by atoms with Crippen LogP contribution in [0.4, 0.5) is 24.0 Å². The Balaban J connectivity index is 1.31. The van der Waals surface area contributed by atoms with Crippen LogP contribution in [-0.2, 0) is 11.0 Å². The molecular weight excluding hydrogens is 501 g/mol. The van der Waals surface area contributed by atoms with Crippen molar-refractivity contribution in [1.82, 2.24) is 4.98 Å². The molecule has 1 fully saturated rings. The molecule has 1 aliphatic rings. The zero-order valence-corrected chi connectivity index (χ0v) is 20.0. The van der Waals surface area contributed by atoms with Crippen molar-refractivity contribution in [1.29, 1.82) is 5.26 Å². The summed E-state index contributed by atoms with van der Waals surface area (Å²) in [5.74, 6) is 0.790. The Morgan fingerprint density at radius 3 is 2.70 bits per heavy atom. The van der Waals surface area contributed by atoms with E-state index in [1.54, 1.807) is 42.5 Å². The molecule has 10 heteroatoms. The highest BCUT2D eigenvalue weighted by molar-refractivity contribution is 7.22. The minimum absolute atomic E-state index is 0.0436. The largest absolute Gasteiger partial charge is 0.456 e. The van der Waals surface area contributed by atoms with Crippen LogP contribution in [-0.4, -0.2) is 10.9 Å². The summed E-state index contributed by atoms with van der Waals surface area (Å²) >= 11 is 1.22. The van der Waals surface area contributed by atoms with E-state index in [4.69, 9.17) is 4.74 Å². The van der Waals surface area contributed by atoms with Gasteiger partial charge in [0.2, 0.25) is 5.91 Å². The molecule has 6 nitrogen and oxygen atoms in total. The molecule has 0 bridgehead atoms. The van der Waals surface area contributed by atoms with Gasteiger partial charge in [0.05, 0.1) is 15.8 Å². The Kier molecular flexibility index (Phi) is 6.54. The molecule has 1 saturated carbocycles. The maximum absolute atomic E-state index is 12.9. The Labute approximate surface area is 214 Å². The second kappa shape index (κ2) is 9.95. The number of rotatable bonds is 7. The number of carbonyl (C=O) groups excluding carboxylic acids is 1. The summed E-state index contributed by atoms with van der Waals surface area (Å²) in [6, 6.07) is 17.5. The van der Waals surface area contributed by atoms with Crippen molar-refractivity contribution >= 4 is 44.4 Å². The topological polar surface area (TPSA) is 87.0 Å². The molecule has 1 aliphatic carbocycles. The molecule has 0 unspecified atom stereocenters. The molecule has 1 amide bonds. The fourth-order valence-corrected chi connectivity index (χ4v) is 4.56. The van der Waals surface area contributed by atoms with E-state index in [1.165, 1.54) is 29.7 Å². The van der Waals surface area contributed by atoms with Gasteiger partial charge in [0.1, 0.15) is 23.1 Å². The van der Waals surface area contributed by atoms with Crippen LogP contribution >= 0.6 is 11.3 Å². The molecule has 0 atom stereocenters. The highest BCUT2D eigenvalue weighted by Gasteiger charge is 2.31. The Morgan fingerprint density at radius 2 is 1.95 bits per heavy atom. The van der Waals surface area contributed by atoms with Gasteiger partial charge in [0, 0.05) is 23.9 Å². The third kappa shape index (κ3) is 5.73. The molecule has 0 radical (unpaired) electrons. The lowest BCUT2D eigenvalue weighted by molar-refractivity contribution is -0.137. The van der Waals surface area contributed by atoms with E-state index in [0.29, 0.717) is 43.7 Å². The maximum atomic E-state index is 12.9. The number of anilines is 2. The lowest BCUT2D eigenvalue weighted by Crippen LogP contribution is -2.12. The van der Waals surface area contributed by atoms with Crippen molar-refractivity contribution < 1.29 is 22.7 Å². The molecule has 0 spiro atoms. The number of carbonyl (C=O) groups is 1. The van der Waals surface area contributed by atoms with E-state index in [1.807, 2.05) is 0 Å². The lowest BCUT2D eigenvalue weighted by atomic mass is 10.1. The normalized spacial score (nSPS) is 13.5. The number of hydrogen-bond acceptors (Lipinski definition) is 6. The zero-order valence-electron chi connectivity index (χ0n) is 19.2. The summed E-state index contributed by atoms with van der Waals surface area (Å²) in [6.45, 7) is 0. The van der Waals surface area contributed by atoms with Crippen LogP contribution in [0, 0.1) is 17.2 Å². The molecule has 186 valence electrons. The van der Waals surface area contributed by atoms with Crippen LogP contribution in [0.15, 0.2) is 66.9 Å². The number of ether oxygens (including phenoxy) is 1. The van der Waals surface area contributed by atoms with Gasteiger partial charge in [-0.25, -0.2) is 4.98 Å². The number of alkyl halides is 3. The lowest BCUT2D eigenvalue weighted by Gasteiger charge is -2.09. The van der Waals surface area contributed by atoms with Gasteiger partial charge in [-0.15, -0.1) is 0 Å². The van der Waals surface area contributed by atoms with Gasteiger partial charge < -0.3 is 15.4 Å². The van der Waals surface area contributed by atoms with Crippen LogP contribution in [0.2, 0.25) is 0 Å². The number of fused-ring (bicyclic) bond motifs is 1. The fraction of sp³-hybridized carbons (Fsp3) is 0.148. The molecule has 4 aromatic rings. The molecule has 2 N–H and O–H groups in total. The number of halogens is 3. The molecule has 1 heterocycles. The minimum atomic E-state index is -4.40.